The number of carbonyl (C=O) groups is 2. The third-order valence-electron chi connectivity index (χ3n) is 4.31. The second-order valence-electron chi connectivity index (χ2n) is 6.12. The summed E-state index contributed by atoms with van der Waals surface area (Å²) in [6, 6.07) is 21.1. The molecule has 0 bridgehead atoms. The van der Waals surface area contributed by atoms with Crippen molar-refractivity contribution in [3.8, 4) is 11.1 Å². The molecule has 1 aliphatic rings. The lowest BCUT2D eigenvalue weighted by Gasteiger charge is -2.28. The predicted molar refractivity (Wildman–Crippen MR) is 105 cm³/mol. The quantitative estimate of drug-likeness (QED) is 0.659. The van der Waals surface area contributed by atoms with Crippen molar-refractivity contribution in [2.45, 2.75) is 0 Å². The number of carboxylic acid groups (broad SMARTS) is 2. The van der Waals surface area contributed by atoms with Crippen molar-refractivity contribution < 1.29 is 24.5 Å². The number of fused-ring (bicyclic) bond motifs is 1. The van der Waals surface area contributed by atoms with E-state index in [-0.39, 0.29) is 0 Å². The van der Waals surface area contributed by atoms with Gasteiger partial charge in [0, 0.05) is 18.5 Å². The third-order valence-corrected chi connectivity index (χ3v) is 4.31. The first-order chi connectivity index (χ1) is 13.6. The fourth-order valence-electron chi connectivity index (χ4n) is 2.97. The molecule has 4 rings (SSSR count). The van der Waals surface area contributed by atoms with Crippen molar-refractivity contribution >= 4 is 28.7 Å². The second-order valence-corrected chi connectivity index (χ2v) is 6.12. The highest BCUT2D eigenvalue weighted by Crippen LogP contribution is 2.31. The van der Waals surface area contributed by atoms with E-state index in [4.69, 9.17) is 29.5 Å². The molecule has 2 aromatic carbocycles. The predicted octanol–water partition coefficient (Wildman–Crippen LogP) is 2.89. The summed E-state index contributed by atoms with van der Waals surface area (Å²) >= 11 is 0. The van der Waals surface area contributed by atoms with Crippen LogP contribution in [-0.4, -0.2) is 53.4 Å². The molecule has 3 aromatic rings. The number of nitrogens with zero attached hydrogens (tertiary/aromatic N) is 2. The molecule has 2 heterocycles. The van der Waals surface area contributed by atoms with Crippen molar-refractivity contribution in [2.24, 2.45) is 0 Å². The van der Waals surface area contributed by atoms with Crippen LogP contribution >= 0.6 is 0 Å². The largest absolute Gasteiger partial charge is 0.473 e. The van der Waals surface area contributed by atoms with Crippen LogP contribution in [0.5, 0.6) is 0 Å². The van der Waals surface area contributed by atoms with Crippen molar-refractivity contribution in [3.05, 3.63) is 60.7 Å². The SMILES string of the molecule is O=C(O)C(=O)O.c1ccc(-c2cc(N3CCOCC3)nc3ccccc23)cc1. The lowest BCUT2D eigenvalue weighted by atomic mass is 10.0. The smallest absolute Gasteiger partial charge is 0.414 e. The summed E-state index contributed by atoms with van der Waals surface area (Å²) in [6.45, 7) is 3.35. The van der Waals surface area contributed by atoms with Crippen LogP contribution in [0.25, 0.3) is 22.0 Å². The van der Waals surface area contributed by atoms with Gasteiger partial charge in [0.1, 0.15) is 5.82 Å². The standard InChI is InChI=1S/C19H18N2O.C2H2O4/c1-2-6-15(7-3-1)17-14-19(21-10-12-22-13-11-21)20-18-9-5-4-8-16(17)18;3-1(4)2(5)6/h1-9,14H,10-13H2;(H,3,4)(H,5,6). The first kappa shape index (κ1) is 19.3. The second kappa shape index (κ2) is 8.96. The zero-order valence-electron chi connectivity index (χ0n) is 15.1. The van der Waals surface area contributed by atoms with Crippen molar-refractivity contribution in [1.29, 1.82) is 0 Å². The molecular formula is C21H20N2O5. The van der Waals surface area contributed by atoms with Gasteiger partial charge in [0.05, 0.1) is 18.7 Å². The van der Waals surface area contributed by atoms with Crippen molar-refractivity contribution in [2.75, 3.05) is 31.2 Å². The zero-order valence-corrected chi connectivity index (χ0v) is 15.1. The Labute approximate surface area is 161 Å². The van der Waals surface area contributed by atoms with Crippen molar-refractivity contribution in [1.82, 2.24) is 4.98 Å². The van der Waals surface area contributed by atoms with Crippen LogP contribution in [0.2, 0.25) is 0 Å². The van der Waals surface area contributed by atoms with Gasteiger partial charge in [-0.05, 0) is 23.3 Å². The molecule has 1 aliphatic heterocycles. The molecule has 28 heavy (non-hydrogen) atoms. The van der Waals surface area contributed by atoms with E-state index in [1.54, 1.807) is 0 Å². The average molecular weight is 380 g/mol. The Balaban J connectivity index is 0.000000330. The van der Waals surface area contributed by atoms with Crippen LogP contribution in [0.3, 0.4) is 0 Å². The number of pyridine rings is 1. The van der Waals surface area contributed by atoms with Gasteiger partial charge in [-0.1, -0.05) is 48.5 Å². The highest BCUT2D eigenvalue weighted by molar-refractivity contribution is 6.27. The number of carboxylic acids is 2. The zero-order chi connectivity index (χ0) is 19.9. The highest BCUT2D eigenvalue weighted by atomic mass is 16.5. The number of morpholine rings is 1. The average Bonchev–Trinajstić information content (AvgIpc) is 2.74. The topological polar surface area (TPSA) is 100.0 Å². The van der Waals surface area contributed by atoms with Crippen molar-refractivity contribution in [3.63, 3.8) is 0 Å². The Morgan fingerprint density at radius 3 is 2.14 bits per heavy atom. The number of hydrogen-bond donors (Lipinski definition) is 2. The number of hydrogen-bond acceptors (Lipinski definition) is 5. The van der Waals surface area contributed by atoms with E-state index in [1.165, 1.54) is 16.5 Å². The number of anilines is 1. The molecule has 7 nitrogen and oxygen atoms in total. The Kier molecular flexibility index (Phi) is 6.18. The maximum atomic E-state index is 9.10. The number of aliphatic carboxylic acids is 2. The molecule has 0 spiro atoms. The molecule has 0 saturated carbocycles. The number of aromatic nitrogens is 1. The van der Waals surface area contributed by atoms with Gasteiger partial charge in [0.15, 0.2) is 0 Å². The molecule has 0 atom stereocenters. The minimum atomic E-state index is -1.82. The van der Waals surface area contributed by atoms with Gasteiger partial charge < -0.3 is 19.8 Å². The summed E-state index contributed by atoms with van der Waals surface area (Å²) < 4.78 is 5.45. The fourth-order valence-corrected chi connectivity index (χ4v) is 2.97. The number of para-hydroxylation sites is 1. The van der Waals surface area contributed by atoms with E-state index in [9.17, 15) is 0 Å². The lowest BCUT2D eigenvalue weighted by Crippen LogP contribution is -2.36. The molecule has 0 unspecified atom stereocenters. The first-order valence-corrected chi connectivity index (χ1v) is 8.80. The fraction of sp³-hybridized carbons (Fsp3) is 0.190. The lowest BCUT2D eigenvalue weighted by molar-refractivity contribution is -0.159. The van der Waals surface area contributed by atoms with E-state index < -0.39 is 11.9 Å². The van der Waals surface area contributed by atoms with E-state index >= 15 is 0 Å². The molecule has 144 valence electrons. The van der Waals surface area contributed by atoms with Crippen LogP contribution in [0.4, 0.5) is 5.82 Å². The summed E-state index contributed by atoms with van der Waals surface area (Å²) in [6.07, 6.45) is 0. The van der Waals surface area contributed by atoms with Crippen LogP contribution < -0.4 is 4.90 Å². The first-order valence-electron chi connectivity index (χ1n) is 8.80. The summed E-state index contributed by atoms with van der Waals surface area (Å²) in [5.41, 5.74) is 3.52. The number of rotatable bonds is 2. The van der Waals surface area contributed by atoms with Gasteiger partial charge in [-0.25, -0.2) is 14.6 Å². The Morgan fingerprint density at radius 2 is 1.50 bits per heavy atom. The van der Waals surface area contributed by atoms with Crippen LogP contribution in [0.1, 0.15) is 0 Å². The summed E-state index contributed by atoms with van der Waals surface area (Å²) in [5, 5.41) is 16.0. The highest BCUT2D eigenvalue weighted by Gasteiger charge is 2.15. The van der Waals surface area contributed by atoms with E-state index in [0.29, 0.717) is 0 Å². The third kappa shape index (κ3) is 4.63. The number of ether oxygens (including phenoxy) is 1. The molecule has 1 aromatic heterocycles. The Bertz CT molecular complexity index is 957. The Hall–Kier alpha value is -3.45. The monoisotopic (exact) mass is 380 g/mol. The normalized spacial score (nSPS) is 13.5. The molecule has 7 heteroatoms. The van der Waals surface area contributed by atoms with Gasteiger partial charge in [0.2, 0.25) is 0 Å². The minimum absolute atomic E-state index is 0.773. The number of benzene rings is 2. The molecule has 1 saturated heterocycles. The van der Waals surface area contributed by atoms with Gasteiger partial charge in [-0.2, -0.15) is 0 Å². The molecule has 0 radical (unpaired) electrons. The van der Waals surface area contributed by atoms with Crippen LogP contribution in [-0.2, 0) is 14.3 Å². The summed E-state index contributed by atoms with van der Waals surface area (Å²) in [5.74, 6) is -2.61. The minimum Gasteiger partial charge on any atom is -0.473 e. The van der Waals surface area contributed by atoms with Gasteiger partial charge in [-0.3, -0.25) is 0 Å². The summed E-state index contributed by atoms with van der Waals surface area (Å²) in [7, 11) is 0. The maximum absolute atomic E-state index is 9.10. The molecule has 2 N–H and O–H groups in total. The van der Waals surface area contributed by atoms with Gasteiger partial charge in [-0.15, -0.1) is 0 Å². The molecule has 1 fully saturated rings. The van der Waals surface area contributed by atoms with Crippen LogP contribution in [0, 0.1) is 0 Å². The molecule has 0 aliphatic carbocycles. The van der Waals surface area contributed by atoms with Crippen LogP contribution in [0.15, 0.2) is 60.7 Å². The van der Waals surface area contributed by atoms with E-state index in [2.05, 4.69) is 59.5 Å². The summed E-state index contributed by atoms with van der Waals surface area (Å²) in [4.78, 5) is 25.4. The van der Waals surface area contributed by atoms with Gasteiger partial charge >= 0.3 is 11.9 Å². The van der Waals surface area contributed by atoms with E-state index in [0.717, 1.165) is 37.6 Å². The molecule has 0 amide bonds. The Morgan fingerprint density at radius 1 is 0.893 bits per heavy atom. The maximum Gasteiger partial charge on any atom is 0.414 e. The molecular weight excluding hydrogens is 360 g/mol. The van der Waals surface area contributed by atoms with E-state index in [1.807, 2.05) is 6.07 Å². The van der Waals surface area contributed by atoms with Gasteiger partial charge in [0.25, 0.3) is 0 Å².